The van der Waals surface area contributed by atoms with Crippen LogP contribution < -0.4 is 10.5 Å². The van der Waals surface area contributed by atoms with E-state index in [1.165, 1.54) is 12.1 Å². The van der Waals surface area contributed by atoms with E-state index in [-0.39, 0.29) is 5.56 Å². The summed E-state index contributed by atoms with van der Waals surface area (Å²) in [6, 6.07) is 4.49. The molecule has 0 spiro atoms. The molecule has 0 saturated heterocycles. The van der Waals surface area contributed by atoms with Crippen LogP contribution in [0.5, 0.6) is 5.75 Å². The Morgan fingerprint density at radius 2 is 2.31 bits per heavy atom. The first-order valence-corrected chi connectivity index (χ1v) is 6.14. The molecule has 0 radical (unpaired) electrons. The van der Waals surface area contributed by atoms with E-state index in [2.05, 4.69) is 6.92 Å². The van der Waals surface area contributed by atoms with Gasteiger partial charge in [0, 0.05) is 5.75 Å². The van der Waals surface area contributed by atoms with E-state index in [0.717, 1.165) is 11.5 Å². The Labute approximate surface area is 98.8 Å². The second-order valence-corrected chi connectivity index (χ2v) is 4.50. The Balaban J connectivity index is 2.57. The zero-order valence-electron chi connectivity index (χ0n) is 9.10. The van der Waals surface area contributed by atoms with E-state index < -0.39 is 5.97 Å². The summed E-state index contributed by atoms with van der Waals surface area (Å²) in [4.78, 5) is 10.7. The van der Waals surface area contributed by atoms with Gasteiger partial charge in [0.05, 0.1) is 17.9 Å². The molecule has 0 fully saturated rings. The van der Waals surface area contributed by atoms with Gasteiger partial charge >= 0.3 is 5.97 Å². The number of anilines is 1. The fraction of sp³-hybridized carbons (Fsp3) is 0.364. The lowest BCUT2D eigenvalue weighted by Gasteiger charge is -2.08. The minimum atomic E-state index is -0.986. The van der Waals surface area contributed by atoms with Crippen molar-refractivity contribution in [3.8, 4) is 5.75 Å². The first kappa shape index (κ1) is 12.7. The second kappa shape index (κ2) is 6.27. The highest BCUT2D eigenvalue weighted by molar-refractivity contribution is 7.99. The number of carbonyl (C=O) groups is 1. The predicted octanol–water partition coefficient (Wildman–Crippen LogP) is 2.10. The SMILES string of the molecule is CCSCCOc1ccc(C(=O)O)cc1N. The van der Waals surface area contributed by atoms with E-state index in [4.69, 9.17) is 15.6 Å². The fourth-order valence-electron chi connectivity index (χ4n) is 1.17. The van der Waals surface area contributed by atoms with Gasteiger partial charge in [0.15, 0.2) is 0 Å². The molecule has 0 aliphatic carbocycles. The molecule has 5 heteroatoms. The minimum absolute atomic E-state index is 0.174. The van der Waals surface area contributed by atoms with Crippen molar-refractivity contribution in [1.82, 2.24) is 0 Å². The first-order chi connectivity index (χ1) is 7.65. The number of aromatic carboxylic acids is 1. The number of hydrogen-bond acceptors (Lipinski definition) is 4. The monoisotopic (exact) mass is 241 g/mol. The molecule has 0 atom stereocenters. The quantitative estimate of drug-likeness (QED) is 0.589. The van der Waals surface area contributed by atoms with Crippen molar-refractivity contribution in [2.45, 2.75) is 6.92 Å². The number of hydrogen-bond donors (Lipinski definition) is 2. The molecule has 0 aliphatic heterocycles. The van der Waals surface area contributed by atoms with E-state index in [9.17, 15) is 4.79 Å². The second-order valence-electron chi connectivity index (χ2n) is 3.10. The molecule has 0 unspecified atom stereocenters. The molecule has 88 valence electrons. The van der Waals surface area contributed by atoms with Crippen LogP contribution in [0.3, 0.4) is 0 Å². The molecule has 0 aliphatic rings. The number of nitrogens with two attached hydrogens (primary N) is 1. The average Bonchev–Trinajstić information content (AvgIpc) is 2.26. The predicted molar refractivity (Wildman–Crippen MR) is 66.3 cm³/mol. The summed E-state index contributed by atoms with van der Waals surface area (Å²) in [6.07, 6.45) is 0. The normalized spacial score (nSPS) is 10.1. The van der Waals surface area contributed by atoms with Gasteiger partial charge in [-0.15, -0.1) is 0 Å². The topological polar surface area (TPSA) is 72.5 Å². The Morgan fingerprint density at radius 3 is 2.88 bits per heavy atom. The van der Waals surface area contributed by atoms with Crippen LogP contribution in [-0.4, -0.2) is 29.2 Å². The summed E-state index contributed by atoms with van der Waals surface area (Å²) >= 11 is 1.78. The van der Waals surface area contributed by atoms with Crippen LogP contribution in [-0.2, 0) is 0 Å². The van der Waals surface area contributed by atoms with E-state index >= 15 is 0 Å². The zero-order valence-corrected chi connectivity index (χ0v) is 9.92. The maximum atomic E-state index is 10.7. The van der Waals surface area contributed by atoms with Crippen molar-refractivity contribution < 1.29 is 14.6 Å². The number of ether oxygens (including phenoxy) is 1. The summed E-state index contributed by atoms with van der Waals surface area (Å²) in [6.45, 7) is 2.66. The number of carboxylic acids is 1. The van der Waals surface area contributed by atoms with Crippen LogP contribution >= 0.6 is 11.8 Å². The molecule has 0 amide bonds. The highest BCUT2D eigenvalue weighted by Gasteiger charge is 2.06. The molecule has 0 saturated carbocycles. The third-order valence-electron chi connectivity index (χ3n) is 1.95. The van der Waals surface area contributed by atoms with Gasteiger partial charge in [0.1, 0.15) is 5.75 Å². The summed E-state index contributed by atoms with van der Waals surface area (Å²) in [5.41, 5.74) is 6.22. The largest absolute Gasteiger partial charge is 0.491 e. The molecule has 1 aromatic carbocycles. The Morgan fingerprint density at radius 1 is 1.56 bits per heavy atom. The molecule has 1 rings (SSSR count). The molecule has 0 bridgehead atoms. The highest BCUT2D eigenvalue weighted by atomic mass is 32.2. The number of rotatable bonds is 6. The van der Waals surface area contributed by atoms with E-state index in [1.807, 2.05) is 0 Å². The van der Waals surface area contributed by atoms with Crippen molar-refractivity contribution in [3.63, 3.8) is 0 Å². The van der Waals surface area contributed by atoms with Crippen molar-refractivity contribution in [2.24, 2.45) is 0 Å². The smallest absolute Gasteiger partial charge is 0.335 e. The molecule has 1 aromatic rings. The van der Waals surface area contributed by atoms with Gasteiger partial charge in [-0.3, -0.25) is 0 Å². The third-order valence-corrected chi connectivity index (χ3v) is 2.81. The van der Waals surface area contributed by atoms with Gasteiger partial charge in [-0.2, -0.15) is 11.8 Å². The van der Waals surface area contributed by atoms with Crippen LogP contribution in [0.2, 0.25) is 0 Å². The van der Waals surface area contributed by atoms with E-state index in [0.29, 0.717) is 18.0 Å². The van der Waals surface area contributed by atoms with Crippen molar-refractivity contribution in [2.75, 3.05) is 23.8 Å². The summed E-state index contributed by atoms with van der Waals surface area (Å²) < 4.78 is 5.43. The van der Waals surface area contributed by atoms with Gasteiger partial charge in [-0.05, 0) is 24.0 Å². The van der Waals surface area contributed by atoms with Crippen molar-refractivity contribution in [3.05, 3.63) is 23.8 Å². The lowest BCUT2D eigenvalue weighted by atomic mass is 10.2. The van der Waals surface area contributed by atoms with Crippen LogP contribution in [0.15, 0.2) is 18.2 Å². The Kier molecular flexibility index (Phi) is 4.98. The zero-order chi connectivity index (χ0) is 12.0. The molecular formula is C11H15NO3S. The maximum absolute atomic E-state index is 10.7. The van der Waals surface area contributed by atoms with E-state index in [1.54, 1.807) is 17.8 Å². The molecule has 0 aromatic heterocycles. The minimum Gasteiger partial charge on any atom is -0.491 e. The number of carboxylic acid groups (broad SMARTS) is 1. The summed E-state index contributed by atoms with van der Waals surface area (Å²) in [5, 5.41) is 8.75. The van der Waals surface area contributed by atoms with Gasteiger partial charge in [-0.1, -0.05) is 6.92 Å². The Bertz CT molecular complexity index is 368. The highest BCUT2D eigenvalue weighted by Crippen LogP contribution is 2.22. The van der Waals surface area contributed by atoms with Crippen molar-refractivity contribution in [1.29, 1.82) is 0 Å². The third kappa shape index (κ3) is 3.66. The van der Waals surface area contributed by atoms with Gasteiger partial charge in [0.2, 0.25) is 0 Å². The summed E-state index contributed by atoms with van der Waals surface area (Å²) in [5.74, 6) is 1.51. The van der Waals surface area contributed by atoms with Crippen LogP contribution in [0, 0.1) is 0 Å². The Hall–Kier alpha value is -1.36. The van der Waals surface area contributed by atoms with Crippen LogP contribution in [0.1, 0.15) is 17.3 Å². The maximum Gasteiger partial charge on any atom is 0.335 e. The summed E-state index contributed by atoms with van der Waals surface area (Å²) in [7, 11) is 0. The fourth-order valence-corrected chi connectivity index (χ4v) is 1.66. The van der Waals surface area contributed by atoms with Gasteiger partial charge < -0.3 is 15.6 Å². The lowest BCUT2D eigenvalue weighted by molar-refractivity contribution is 0.0697. The standard InChI is InChI=1S/C11H15NO3S/c1-2-16-6-5-15-10-4-3-8(11(13)14)7-9(10)12/h3-4,7H,2,5-6,12H2,1H3,(H,13,14). The van der Waals surface area contributed by atoms with Gasteiger partial charge in [-0.25, -0.2) is 4.79 Å². The number of nitrogen functional groups attached to an aromatic ring is 1. The van der Waals surface area contributed by atoms with Crippen LogP contribution in [0.25, 0.3) is 0 Å². The average molecular weight is 241 g/mol. The van der Waals surface area contributed by atoms with Crippen molar-refractivity contribution >= 4 is 23.4 Å². The van der Waals surface area contributed by atoms with Gasteiger partial charge in [0.25, 0.3) is 0 Å². The first-order valence-electron chi connectivity index (χ1n) is 4.98. The van der Waals surface area contributed by atoms with Crippen LogP contribution in [0.4, 0.5) is 5.69 Å². The molecule has 3 N–H and O–H groups in total. The molecular weight excluding hydrogens is 226 g/mol. The molecule has 4 nitrogen and oxygen atoms in total. The lowest BCUT2D eigenvalue weighted by Crippen LogP contribution is -2.04. The molecule has 0 heterocycles. The number of benzene rings is 1. The number of thioether (sulfide) groups is 1. The molecule has 16 heavy (non-hydrogen) atoms.